The Morgan fingerprint density at radius 1 is 0.833 bits per heavy atom. The Labute approximate surface area is 169 Å². The number of anilines is 1. The number of aliphatic hydroxyl groups is 1. The predicted octanol–water partition coefficient (Wildman–Crippen LogP) is 4.73. The third-order valence-corrected chi connectivity index (χ3v) is 4.85. The van der Waals surface area contributed by atoms with Gasteiger partial charge in [-0.25, -0.2) is 13.2 Å². The molecular weight excluding hydrogens is 395 g/mol. The second kappa shape index (κ2) is 7.51. The molecule has 1 atom stereocenters. The van der Waals surface area contributed by atoms with Gasteiger partial charge in [-0.1, -0.05) is 42.5 Å². The van der Waals surface area contributed by atoms with E-state index in [1.807, 2.05) is 0 Å². The van der Waals surface area contributed by atoms with Gasteiger partial charge in [-0.15, -0.1) is 0 Å². The molecule has 3 aromatic rings. The molecule has 1 unspecified atom stereocenters. The fraction of sp³-hybridized carbons (Fsp3) is 0.0435. The number of halogens is 3. The van der Waals surface area contributed by atoms with Gasteiger partial charge in [0.05, 0.1) is 17.3 Å². The van der Waals surface area contributed by atoms with Gasteiger partial charge in [-0.3, -0.25) is 14.5 Å². The van der Waals surface area contributed by atoms with Crippen molar-refractivity contribution in [3.63, 3.8) is 0 Å². The van der Waals surface area contributed by atoms with E-state index in [-0.39, 0.29) is 22.4 Å². The minimum absolute atomic E-state index is 0.275. The quantitative estimate of drug-likeness (QED) is 0.387. The van der Waals surface area contributed by atoms with Gasteiger partial charge in [0.2, 0.25) is 0 Å². The number of benzene rings is 3. The number of Topliss-reactive ketones (excluding diaryl/α,β-unsaturated/α-hetero) is 1. The molecular formula is C23H14F3NO3. The van der Waals surface area contributed by atoms with E-state index in [0.717, 1.165) is 29.2 Å². The van der Waals surface area contributed by atoms with E-state index in [9.17, 15) is 27.9 Å². The summed E-state index contributed by atoms with van der Waals surface area (Å²) in [7, 11) is 0. The number of carbonyl (C=O) groups excluding carboxylic acids is 2. The first-order valence-electron chi connectivity index (χ1n) is 8.95. The van der Waals surface area contributed by atoms with E-state index in [2.05, 4.69) is 0 Å². The fourth-order valence-electron chi connectivity index (χ4n) is 3.47. The van der Waals surface area contributed by atoms with Crippen molar-refractivity contribution < 1.29 is 27.9 Å². The van der Waals surface area contributed by atoms with Crippen LogP contribution in [0.5, 0.6) is 0 Å². The van der Waals surface area contributed by atoms with Crippen molar-refractivity contribution in [2.45, 2.75) is 6.04 Å². The second-order valence-corrected chi connectivity index (χ2v) is 6.68. The van der Waals surface area contributed by atoms with Crippen LogP contribution in [-0.2, 0) is 9.59 Å². The van der Waals surface area contributed by atoms with Crippen LogP contribution in [0, 0.1) is 17.5 Å². The van der Waals surface area contributed by atoms with Gasteiger partial charge in [0.15, 0.2) is 0 Å². The summed E-state index contributed by atoms with van der Waals surface area (Å²) < 4.78 is 41.4. The van der Waals surface area contributed by atoms with Gasteiger partial charge in [0.25, 0.3) is 11.7 Å². The molecule has 1 amide bonds. The van der Waals surface area contributed by atoms with Gasteiger partial charge in [-0.05, 0) is 29.8 Å². The van der Waals surface area contributed by atoms with E-state index in [1.165, 1.54) is 12.1 Å². The molecule has 7 heteroatoms. The highest BCUT2D eigenvalue weighted by molar-refractivity contribution is 6.51. The zero-order valence-electron chi connectivity index (χ0n) is 15.4. The average Bonchev–Trinajstić information content (AvgIpc) is 3.00. The van der Waals surface area contributed by atoms with E-state index in [4.69, 9.17) is 0 Å². The van der Waals surface area contributed by atoms with Crippen molar-refractivity contribution in [1.82, 2.24) is 0 Å². The number of nitrogens with zero attached hydrogens (tertiary/aromatic N) is 1. The molecule has 0 bridgehead atoms. The van der Waals surface area contributed by atoms with Gasteiger partial charge >= 0.3 is 0 Å². The van der Waals surface area contributed by atoms with Crippen molar-refractivity contribution in [2.75, 3.05) is 4.90 Å². The number of hydrogen-bond donors (Lipinski definition) is 1. The highest BCUT2D eigenvalue weighted by Gasteiger charge is 2.47. The molecule has 0 aromatic heterocycles. The fourth-order valence-corrected chi connectivity index (χ4v) is 3.47. The number of ketones is 1. The Morgan fingerprint density at radius 2 is 1.47 bits per heavy atom. The van der Waals surface area contributed by atoms with E-state index < -0.39 is 40.9 Å². The topological polar surface area (TPSA) is 57.6 Å². The average molecular weight is 409 g/mol. The SMILES string of the molecule is O=C1C(=O)N(c2ccc(F)cc2F)C(c2ccc(F)cc2)/C1=C(\O)c1ccccc1. The molecule has 1 aliphatic rings. The largest absolute Gasteiger partial charge is 0.507 e. The van der Waals surface area contributed by atoms with Crippen molar-refractivity contribution in [2.24, 2.45) is 0 Å². The molecule has 150 valence electrons. The minimum Gasteiger partial charge on any atom is -0.507 e. The van der Waals surface area contributed by atoms with E-state index in [0.29, 0.717) is 6.07 Å². The van der Waals surface area contributed by atoms with Gasteiger partial charge < -0.3 is 5.11 Å². The number of amides is 1. The van der Waals surface area contributed by atoms with Crippen LogP contribution in [-0.4, -0.2) is 16.8 Å². The van der Waals surface area contributed by atoms with Crippen LogP contribution >= 0.6 is 0 Å². The molecule has 1 saturated heterocycles. The van der Waals surface area contributed by atoms with Crippen molar-refractivity contribution >= 4 is 23.1 Å². The summed E-state index contributed by atoms with van der Waals surface area (Å²) in [6.07, 6.45) is 0. The molecule has 30 heavy (non-hydrogen) atoms. The van der Waals surface area contributed by atoms with Crippen LogP contribution in [0.2, 0.25) is 0 Å². The minimum atomic E-state index is -1.23. The lowest BCUT2D eigenvalue weighted by Gasteiger charge is -2.25. The van der Waals surface area contributed by atoms with Crippen LogP contribution < -0.4 is 4.90 Å². The summed E-state index contributed by atoms with van der Waals surface area (Å²) in [4.78, 5) is 26.5. The Kier molecular flexibility index (Phi) is 4.87. The highest BCUT2D eigenvalue weighted by atomic mass is 19.1. The molecule has 4 rings (SSSR count). The van der Waals surface area contributed by atoms with Crippen LogP contribution in [0.25, 0.3) is 5.76 Å². The van der Waals surface area contributed by atoms with Crippen LogP contribution in [0.15, 0.2) is 78.4 Å². The standard InChI is InChI=1S/C23H14F3NO3/c24-15-8-6-13(7-9-15)20-19(21(28)14-4-2-1-3-5-14)22(29)23(30)27(20)18-11-10-16(25)12-17(18)26/h1-12,20,28H/b21-19+. The molecule has 4 nitrogen and oxygen atoms in total. The smallest absolute Gasteiger partial charge is 0.300 e. The van der Waals surface area contributed by atoms with Crippen LogP contribution in [0.1, 0.15) is 17.2 Å². The number of aliphatic hydroxyl groups excluding tert-OH is 1. The van der Waals surface area contributed by atoms with Crippen molar-refractivity contribution in [1.29, 1.82) is 0 Å². The van der Waals surface area contributed by atoms with Gasteiger partial charge in [0.1, 0.15) is 23.2 Å². The maximum atomic E-state index is 14.5. The third-order valence-electron chi connectivity index (χ3n) is 4.85. The molecule has 0 spiro atoms. The Balaban J connectivity index is 1.97. The Hall–Kier alpha value is -3.87. The first-order chi connectivity index (χ1) is 14.4. The highest BCUT2D eigenvalue weighted by Crippen LogP contribution is 2.42. The van der Waals surface area contributed by atoms with Gasteiger partial charge in [0, 0.05) is 11.6 Å². The van der Waals surface area contributed by atoms with E-state index in [1.54, 1.807) is 30.3 Å². The lowest BCUT2D eigenvalue weighted by Crippen LogP contribution is -2.30. The first kappa shape index (κ1) is 19.4. The van der Waals surface area contributed by atoms with Gasteiger partial charge in [-0.2, -0.15) is 0 Å². The number of rotatable bonds is 3. The lowest BCUT2D eigenvalue weighted by molar-refractivity contribution is -0.132. The zero-order chi connectivity index (χ0) is 21.4. The summed E-state index contributed by atoms with van der Waals surface area (Å²) >= 11 is 0. The van der Waals surface area contributed by atoms with Crippen molar-refractivity contribution in [3.8, 4) is 0 Å². The third kappa shape index (κ3) is 3.24. The summed E-state index contributed by atoms with van der Waals surface area (Å²) in [6, 6.07) is 14.3. The molecule has 1 N–H and O–H groups in total. The molecule has 0 saturated carbocycles. The Morgan fingerprint density at radius 3 is 2.10 bits per heavy atom. The maximum Gasteiger partial charge on any atom is 0.300 e. The second-order valence-electron chi connectivity index (χ2n) is 6.68. The Bertz CT molecular complexity index is 1170. The monoisotopic (exact) mass is 409 g/mol. The van der Waals surface area contributed by atoms with E-state index >= 15 is 0 Å². The summed E-state index contributed by atoms with van der Waals surface area (Å²) in [6.45, 7) is 0. The molecule has 3 aromatic carbocycles. The van der Waals surface area contributed by atoms with Crippen molar-refractivity contribution in [3.05, 3.63) is 107 Å². The molecule has 1 fully saturated rings. The maximum absolute atomic E-state index is 14.5. The summed E-state index contributed by atoms with van der Waals surface area (Å²) in [5.74, 6) is -5.03. The first-order valence-corrected chi connectivity index (χ1v) is 8.95. The summed E-state index contributed by atoms with van der Waals surface area (Å²) in [5, 5.41) is 10.8. The molecule has 1 aliphatic heterocycles. The molecule has 0 aliphatic carbocycles. The number of carbonyl (C=O) groups is 2. The zero-order valence-corrected chi connectivity index (χ0v) is 15.4. The van der Waals surface area contributed by atoms with Crippen LogP contribution in [0.3, 0.4) is 0 Å². The lowest BCUT2D eigenvalue weighted by atomic mass is 9.95. The molecule has 1 heterocycles. The molecule has 0 radical (unpaired) electrons. The number of hydrogen-bond acceptors (Lipinski definition) is 3. The normalized spacial score (nSPS) is 18.1. The summed E-state index contributed by atoms with van der Waals surface area (Å²) in [5.41, 5.74) is -0.0551. The van der Waals surface area contributed by atoms with Crippen LogP contribution in [0.4, 0.5) is 18.9 Å². The predicted molar refractivity (Wildman–Crippen MR) is 104 cm³/mol.